The van der Waals surface area contributed by atoms with Crippen molar-refractivity contribution in [2.24, 2.45) is 0 Å². The zero-order chi connectivity index (χ0) is 12.7. The van der Waals surface area contributed by atoms with Crippen molar-refractivity contribution in [1.29, 1.82) is 0 Å². The van der Waals surface area contributed by atoms with Crippen molar-refractivity contribution in [2.45, 2.75) is 39.7 Å². The molecule has 0 fully saturated rings. The van der Waals surface area contributed by atoms with Gasteiger partial charge in [-0.2, -0.15) is 0 Å². The molecule has 0 atom stereocenters. The van der Waals surface area contributed by atoms with Gasteiger partial charge in [0.15, 0.2) is 0 Å². The Morgan fingerprint density at radius 1 is 1.29 bits per heavy atom. The normalized spacial score (nSPS) is 10.0. The Hall–Kier alpha value is -1.57. The Morgan fingerprint density at radius 3 is 2.47 bits per heavy atom. The van der Waals surface area contributed by atoms with E-state index in [-0.39, 0.29) is 5.97 Å². The number of rotatable bonds is 6. The van der Waals surface area contributed by atoms with E-state index in [1.165, 1.54) is 30.9 Å². The van der Waals surface area contributed by atoms with Crippen molar-refractivity contribution >= 4 is 11.5 Å². The van der Waals surface area contributed by atoms with Gasteiger partial charge < -0.3 is 4.74 Å². The molecule has 0 saturated heterocycles. The molecule has 92 valence electrons. The molecule has 0 unspecified atom stereocenters. The maximum absolute atomic E-state index is 10.7. The number of unbranched alkanes of at least 4 members (excludes halogenated alkanes) is 1. The van der Waals surface area contributed by atoms with Crippen LogP contribution in [0.15, 0.2) is 30.8 Å². The second-order valence-electron chi connectivity index (χ2n) is 4.18. The van der Waals surface area contributed by atoms with Crippen molar-refractivity contribution in [3.8, 4) is 0 Å². The highest BCUT2D eigenvalue weighted by atomic mass is 16.5. The third-order valence-electron chi connectivity index (χ3n) is 2.64. The van der Waals surface area contributed by atoms with Crippen LogP contribution in [0.5, 0.6) is 0 Å². The van der Waals surface area contributed by atoms with Gasteiger partial charge in [0, 0.05) is 6.92 Å². The smallest absolute Gasteiger partial charge is 0.302 e. The predicted octanol–water partition coefficient (Wildman–Crippen LogP) is 3.95. The van der Waals surface area contributed by atoms with Crippen molar-refractivity contribution < 1.29 is 9.53 Å². The lowest BCUT2D eigenvalue weighted by atomic mass is 10.0. The van der Waals surface area contributed by atoms with Crippen LogP contribution in [0.4, 0.5) is 0 Å². The molecule has 1 aromatic carbocycles. The van der Waals surface area contributed by atoms with Gasteiger partial charge in [-0.1, -0.05) is 44.2 Å². The van der Waals surface area contributed by atoms with Crippen LogP contribution < -0.4 is 0 Å². The number of carbonyl (C=O) groups excluding carboxylic acids is 1. The third kappa shape index (κ3) is 4.85. The molecule has 1 aromatic rings. The summed E-state index contributed by atoms with van der Waals surface area (Å²) in [5.74, 6) is -0.249. The predicted molar refractivity (Wildman–Crippen MR) is 70.5 cm³/mol. The van der Waals surface area contributed by atoms with Gasteiger partial charge in [0.05, 0.1) is 0 Å². The third-order valence-corrected chi connectivity index (χ3v) is 2.64. The van der Waals surface area contributed by atoms with Crippen LogP contribution in [0, 0.1) is 0 Å². The van der Waals surface area contributed by atoms with Gasteiger partial charge in [-0.25, -0.2) is 0 Å². The van der Waals surface area contributed by atoms with E-state index in [1.807, 2.05) is 24.3 Å². The van der Waals surface area contributed by atoms with E-state index < -0.39 is 0 Å². The van der Waals surface area contributed by atoms with E-state index in [4.69, 9.17) is 4.74 Å². The molecule has 0 radical (unpaired) electrons. The van der Waals surface area contributed by atoms with Gasteiger partial charge in [-0.05, 0) is 29.5 Å². The average molecular weight is 232 g/mol. The molecule has 1 rings (SSSR count). The molecule has 0 N–H and O–H groups in total. The molecule has 17 heavy (non-hydrogen) atoms. The summed E-state index contributed by atoms with van der Waals surface area (Å²) in [6.07, 6.45) is 3.40. The average Bonchev–Trinajstić information content (AvgIpc) is 2.34. The summed E-state index contributed by atoms with van der Waals surface area (Å²) in [6, 6.07) is 8.04. The largest absolute Gasteiger partial charge is 0.461 e. The van der Waals surface area contributed by atoms with Gasteiger partial charge >= 0.3 is 5.97 Å². The minimum atomic E-state index is -0.249. The van der Waals surface area contributed by atoms with Crippen molar-refractivity contribution in [3.63, 3.8) is 0 Å². The molecule has 0 bridgehead atoms. The van der Waals surface area contributed by atoms with E-state index >= 15 is 0 Å². The number of esters is 1. The van der Waals surface area contributed by atoms with Crippen LogP contribution in [0.1, 0.15) is 44.2 Å². The Morgan fingerprint density at radius 2 is 1.94 bits per heavy atom. The maximum Gasteiger partial charge on any atom is 0.302 e. The summed E-state index contributed by atoms with van der Waals surface area (Å²) >= 11 is 0. The van der Waals surface area contributed by atoms with Crippen LogP contribution in [-0.2, 0) is 16.1 Å². The lowest BCUT2D eigenvalue weighted by Crippen LogP contribution is -1.98. The van der Waals surface area contributed by atoms with Gasteiger partial charge in [0.25, 0.3) is 0 Å². The SMILES string of the molecule is C=C(CCCC)c1ccc(COC(C)=O)cc1. The minimum absolute atomic E-state index is 0.249. The summed E-state index contributed by atoms with van der Waals surface area (Å²) in [5, 5.41) is 0. The number of hydrogen-bond donors (Lipinski definition) is 0. The van der Waals surface area contributed by atoms with E-state index in [2.05, 4.69) is 13.5 Å². The molecule has 0 aliphatic rings. The maximum atomic E-state index is 10.7. The molecule has 0 aliphatic carbocycles. The fraction of sp³-hybridized carbons (Fsp3) is 0.400. The molecular formula is C15H20O2. The Bertz CT molecular complexity index is 376. The van der Waals surface area contributed by atoms with E-state index in [0.29, 0.717) is 6.61 Å². The monoisotopic (exact) mass is 232 g/mol. The molecule has 0 aromatic heterocycles. The topological polar surface area (TPSA) is 26.3 Å². The molecule has 2 nitrogen and oxygen atoms in total. The Kier molecular flexibility index (Phi) is 5.47. The van der Waals surface area contributed by atoms with Crippen molar-refractivity contribution in [2.75, 3.05) is 0 Å². The molecule has 0 spiro atoms. The summed E-state index contributed by atoms with van der Waals surface area (Å²) in [7, 11) is 0. The zero-order valence-corrected chi connectivity index (χ0v) is 10.7. The van der Waals surface area contributed by atoms with E-state index in [0.717, 1.165) is 12.0 Å². The van der Waals surface area contributed by atoms with Crippen LogP contribution in [0.2, 0.25) is 0 Å². The second-order valence-corrected chi connectivity index (χ2v) is 4.18. The highest BCUT2D eigenvalue weighted by Crippen LogP contribution is 2.19. The molecule has 0 amide bonds. The number of hydrogen-bond acceptors (Lipinski definition) is 2. The van der Waals surface area contributed by atoms with Crippen LogP contribution in [-0.4, -0.2) is 5.97 Å². The number of carbonyl (C=O) groups is 1. The van der Waals surface area contributed by atoms with Gasteiger partial charge in [0.2, 0.25) is 0 Å². The molecule has 0 aliphatic heterocycles. The number of benzene rings is 1. The zero-order valence-electron chi connectivity index (χ0n) is 10.7. The van der Waals surface area contributed by atoms with Crippen molar-refractivity contribution in [1.82, 2.24) is 0 Å². The minimum Gasteiger partial charge on any atom is -0.461 e. The highest BCUT2D eigenvalue weighted by Gasteiger charge is 2.00. The summed E-state index contributed by atoms with van der Waals surface area (Å²) < 4.78 is 4.93. The standard InChI is InChI=1S/C15H20O2/c1-4-5-6-12(2)15-9-7-14(8-10-15)11-17-13(3)16/h7-10H,2,4-6,11H2,1,3H3. The fourth-order valence-corrected chi connectivity index (χ4v) is 1.56. The first-order chi connectivity index (χ1) is 8.13. The lowest BCUT2D eigenvalue weighted by molar-refractivity contribution is -0.142. The second kappa shape index (κ2) is 6.89. The van der Waals surface area contributed by atoms with Crippen LogP contribution in [0.25, 0.3) is 5.57 Å². The molecule has 0 heterocycles. The highest BCUT2D eigenvalue weighted by molar-refractivity contribution is 5.66. The Balaban J connectivity index is 2.55. The van der Waals surface area contributed by atoms with Gasteiger partial charge in [0.1, 0.15) is 6.61 Å². The lowest BCUT2D eigenvalue weighted by Gasteiger charge is -2.07. The molecule has 0 saturated carbocycles. The first-order valence-electron chi connectivity index (χ1n) is 6.04. The van der Waals surface area contributed by atoms with E-state index in [1.54, 1.807) is 0 Å². The summed E-state index contributed by atoms with van der Waals surface area (Å²) in [6.45, 7) is 8.02. The molecule has 2 heteroatoms. The Labute approximate surface area is 103 Å². The summed E-state index contributed by atoms with van der Waals surface area (Å²) in [5.41, 5.74) is 3.35. The number of ether oxygens (including phenoxy) is 1. The van der Waals surface area contributed by atoms with Crippen molar-refractivity contribution in [3.05, 3.63) is 42.0 Å². The first kappa shape index (κ1) is 13.5. The first-order valence-corrected chi connectivity index (χ1v) is 6.04. The molecular weight excluding hydrogens is 212 g/mol. The van der Waals surface area contributed by atoms with E-state index in [9.17, 15) is 4.79 Å². The van der Waals surface area contributed by atoms with Gasteiger partial charge in [-0.3, -0.25) is 4.79 Å². The fourth-order valence-electron chi connectivity index (χ4n) is 1.56. The quantitative estimate of drug-likeness (QED) is 0.694. The van der Waals surface area contributed by atoms with Gasteiger partial charge in [-0.15, -0.1) is 0 Å². The number of allylic oxidation sites excluding steroid dienone is 1. The van der Waals surface area contributed by atoms with Crippen LogP contribution >= 0.6 is 0 Å². The van der Waals surface area contributed by atoms with Crippen LogP contribution in [0.3, 0.4) is 0 Å². The summed E-state index contributed by atoms with van der Waals surface area (Å²) in [4.78, 5) is 10.7.